The average Bonchev–Trinajstić information content (AvgIpc) is 2.45. The monoisotopic (exact) mass is 364 g/mol. The van der Waals surface area contributed by atoms with E-state index in [1.54, 1.807) is 0 Å². The lowest BCUT2D eigenvalue weighted by Gasteiger charge is -2.65. The van der Waals surface area contributed by atoms with Gasteiger partial charge in [-0.15, -0.1) is 0 Å². The van der Waals surface area contributed by atoms with Crippen molar-refractivity contribution in [1.29, 1.82) is 0 Å². The number of allylic oxidation sites excluding steroid dienone is 1. The smallest absolute Gasteiger partial charge is 0.0437 e. The summed E-state index contributed by atoms with van der Waals surface area (Å²) in [7, 11) is 0. The summed E-state index contributed by atoms with van der Waals surface area (Å²) < 4.78 is -0.0207. The normalized spacial score (nSPS) is 33.6. The van der Waals surface area contributed by atoms with Gasteiger partial charge >= 0.3 is 0 Å². The number of hydrogen-bond donors (Lipinski definition) is 1. The summed E-state index contributed by atoms with van der Waals surface area (Å²) in [6.07, 6.45) is 11.9. The van der Waals surface area contributed by atoms with Gasteiger partial charge in [-0.1, -0.05) is 67.0 Å². The fraction of sp³-hybridized carbons (Fsp3) is 0.917. The summed E-state index contributed by atoms with van der Waals surface area (Å²) in [4.78, 5) is 0. The van der Waals surface area contributed by atoms with E-state index >= 15 is 0 Å². The van der Waals surface area contributed by atoms with Gasteiger partial charge in [0, 0.05) is 4.75 Å². The molecular weight excluding hydrogens is 320 g/mol. The van der Waals surface area contributed by atoms with Gasteiger partial charge in [0.25, 0.3) is 0 Å². The second kappa shape index (κ2) is 6.61. The van der Waals surface area contributed by atoms with Gasteiger partial charge in [0.15, 0.2) is 0 Å². The van der Waals surface area contributed by atoms with E-state index < -0.39 is 0 Å². The zero-order valence-electron chi connectivity index (χ0n) is 18.6. The molecule has 2 aliphatic carbocycles. The zero-order valence-corrected chi connectivity index (χ0v) is 19.4. The van der Waals surface area contributed by atoms with E-state index in [0.29, 0.717) is 16.7 Å². The van der Waals surface area contributed by atoms with Gasteiger partial charge in [-0.2, -0.15) is 12.6 Å². The van der Waals surface area contributed by atoms with Crippen LogP contribution in [-0.4, -0.2) is 4.75 Å². The van der Waals surface area contributed by atoms with Gasteiger partial charge in [-0.3, -0.25) is 0 Å². The van der Waals surface area contributed by atoms with Gasteiger partial charge in [0.05, 0.1) is 0 Å². The first kappa shape index (κ1) is 21.4. The molecule has 0 amide bonds. The van der Waals surface area contributed by atoms with Gasteiger partial charge in [0.2, 0.25) is 0 Å². The topological polar surface area (TPSA) is 0 Å². The minimum atomic E-state index is -0.0207. The Bertz CT molecular complexity index is 488. The molecule has 1 spiro atoms. The Morgan fingerprint density at radius 3 is 1.72 bits per heavy atom. The molecule has 0 aromatic rings. The Labute approximate surface area is 164 Å². The largest absolute Gasteiger partial charge is 0.167 e. The van der Waals surface area contributed by atoms with Crippen molar-refractivity contribution in [3.63, 3.8) is 0 Å². The van der Waals surface area contributed by atoms with Crippen molar-refractivity contribution in [3.05, 3.63) is 11.6 Å². The highest BCUT2D eigenvalue weighted by atomic mass is 32.1. The summed E-state index contributed by atoms with van der Waals surface area (Å²) in [6, 6.07) is 0. The summed E-state index contributed by atoms with van der Waals surface area (Å²) in [5.41, 5.74) is 3.02. The minimum absolute atomic E-state index is 0.0207. The van der Waals surface area contributed by atoms with Crippen LogP contribution in [0.3, 0.4) is 0 Å². The van der Waals surface area contributed by atoms with E-state index in [-0.39, 0.29) is 15.6 Å². The highest BCUT2D eigenvalue weighted by Crippen LogP contribution is 2.68. The molecule has 2 rings (SSSR count). The maximum absolute atomic E-state index is 5.48. The molecule has 0 unspecified atom stereocenters. The predicted molar refractivity (Wildman–Crippen MR) is 116 cm³/mol. The first-order valence-electron chi connectivity index (χ1n) is 10.6. The first-order chi connectivity index (χ1) is 11.2. The number of hydrogen-bond acceptors (Lipinski definition) is 1. The molecule has 2 saturated carbocycles. The van der Waals surface area contributed by atoms with Gasteiger partial charge < -0.3 is 0 Å². The van der Waals surface area contributed by atoms with E-state index in [9.17, 15) is 0 Å². The number of rotatable bonds is 3. The number of thiol groups is 1. The molecule has 0 aliphatic heterocycles. The molecule has 25 heavy (non-hydrogen) atoms. The lowest BCUT2D eigenvalue weighted by Crippen LogP contribution is -2.60. The quantitative estimate of drug-likeness (QED) is 0.379. The Balaban J connectivity index is 2.36. The average molecular weight is 365 g/mol. The third-order valence-corrected chi connectivity index (χ3v) is 9.29. The van der Waals surface area contributed by atoms with Crippen molar-refractivity contribution in [1.82, 2.24) is 0 Å². The van der Waals surface area contributed by atoms with Crippen LogP contribution in [0.15, 0.2) is 11.6 Å². The molecule has 0 radical (unpaired) electrons. The highest BCUT2D eigenvalue weighted by Gasteiger charge is 2.62. The second-order valence-electron chi connectivity index (χ2n) is 12.0. The van der Waals surface area contributed by atoms with E-state index in [1.165, 1.54) is 50.5 Å². The van der Waals surface area contributed by atoms with Crippen molar-refractivity contribution in [2.45, 2.75) is 112 Å². The third-order valence-electron chi connectivity index (χ3n) is 7.72. The maximum atomic E-state index is 5.48. The molecule has 1 heteroatoms. The molecule has 0 aromatic heterocycles. The standard InChI is InChI=1S/C24H44S/c1-18(2)10-11-19(3)24(25)21(6,7)16-23(17-22(24,8)9)14-12-20(4,5)13-15-23/h11,18,25H,10,12-17H2,1-9H3/b19-11+. The van der Waals surface area contributed by atoms with Crippen molar-refractivity contribution in [2.24, 2.45) is 27.6 Å². The third kappa shape index (κ3) is 3.87. The maximum Gasteiger partial charge on any atom is 0.0437 e. The van der Waals surface area contributed by atoms with Crippen LogP contribution < -0.4 is 0 Å². The fourth-order valence-electron chi connectivity index (χ4n) is 6.55. The van der Waals surface area contributed by atoms with Crippen LogP contribution in [0.4, 0.5) is 0 Å². The van der Waals surface area contributed by atoms with Crippen molar-refractivity contribution in [2.75, 3.05) is 0 Å². The molecule has 146 valence electrons. The Hall–Kier alpha value is 0.0900. The molecule has 0 nitrogen and oxygen atoms in total. The lowest BCUT2D eigenvalue weighted by molar-refractivity contribution is -0.0631. The van der Waals surface area contributed by atoms with E-state index in [1.807, 2.05) is 0 Å². The molecule has 2 aliphatic rings. The Morgan fingerprint density at radius 1 is 0.880 bits per heavy atom. The summed E-state index contributed by atoms with van der Waals surface area (Å²) in [5, 5.41) is 0. The SMILES string of the molecule is C/C(=C\CC(C)C)C1(S)C(C)(C)CC2(CCC(C)(C)CC2)CC1(C)C. The summed E-state index contributed by atoms with van der Waals surface area (Å²) in [5.74, 6) is 0.716. The summed E-state index contributed by atoms with van der Waals surface area (Å²) >= 11 is 5.48. The fourth-order valence-corrected chi connectivity index (χ4v) is 6.80. The van der Waals surface area contributed by atoms with Crippen molar-refractivity contribution < 1.29 is 0 Å². The van der Waals surface area contributed by atoms with Gasteiger partial charge in [0.1, 0.15) is 0 Å². The van der Waals surface area contributed by atoms with E-state index in [0.717, 1.165) is 0 Å². The van der Waals surface area contributed by atoms with Gasteiger partial charge in [-0.05, 0) is 79.4 Å². The second-order valence-corrected chi connectivity index (χ2v) is 12.7. The van der Waals surface area contributed by atoms with Crippen molar-refractivity contribution >= 4 is 12.6 Å². The predicted octanol–water partition coefficient (Wildman–Crippen LogP) is 8.08. The van der Waals surface area contributed by atoms with Crippen molar-refractivity contribution in [3.8, 4) is 0 Å². The molecule has 0 aromatic carbocycles. The molecule has 0 N–H and O–H groups in total. The van der Waals surface area contributed by atoms with Crippen LogP contribution in [0.2, 0.25) is 0 Å². The Morgan fingerprint density at radius 2 is 1.32 bits per heavy atom. The molecular formula is C24H44S. The molecule has 0 heterocycles. The highest BCUT2D eigenvalue weighted by molar-refractivity contribution is 7.82. The van der Waals surface area contributed by atoms with Crippen LogP contribution in [0.5, 0.6) is 0 Å². The molecule has 0 atom stereocenters. The van der Waals surface area contributed by atoms with E-state index in [2.05, 4.69) is 68.4 Å². The molecule has 0 saturated heterocycles. The van der Waals surface area contributed by atoms with Crippen LogP contribution >= 0.6 is 12.6 Å². The van der Waals surface area contributed by atoms with Crippen LogP contribution in [-0.2, 0) is 0 Å². The van der Waals surface area contributed by atoms with Crippen LogP contribution in [0.1, 0.15) is 107 Å². The van der Waals surface area contributed by atoms with Crippen LogP contribution in [0.25, 0.3) is 0 Å². The first-order valence-corrected chi connectivity index (χ1v) is 11.0. The summed E-state index contributed by atoms with van der Waals surface area (Å²) in [6.45, 7) is 21.9. The van der Waals surface area contributed by atoms with Gasteiger partial charge in [-0.25, -0.2) is 0 Å². The lowest BCUT2D eigenvalue weighted by atomic mass is 9.44. The zero-order chi connectivity index (χ0) is 19.3. The van der Waals surface area contributed by atoms with Crippen LogP contribution in [0, 0.1) is 27.6 Å². The van der Waals surface area contributed by atoms with E-state index in [4.69, 9.17) is 12.6 Å². The molecule has 0 bridgehead atoms. The Kier molecular flexibility index (Phi) is 5.65. The molecule has 2 fully saturated rings. The minimum Gasteiger partial charge on any atom is -0.167 e.